The van der Waals surface area contributed by atoms with Crippen molar-refractivity contribution in [3.8, 4) is 0 Å². The summed E-state index contributed by atoms with van der Waals surface area (Å²) in [4.78, 5) is 0. The van der Waals surface area contributed by atoms with Crippen LogP contribution in [0.2, 0.25) is 0 Å². The molecule has 18 heavy (non-hydrogen) atoms. The van der Waals surface area contributed by atoms with E-state index in [2.05, 4.69) is 32.0 Å². The molecule has 0 N–H and O–H groups in total. The molecule has 1 atom stereocenters. The Bertz CT molecular complexity index is 364. The normalized spacial score (nSPS) is 18.0. The van der Waals surface area contributed by atoms with E-state index in [1.165, 1.54) is 57.8 Å². The van der Waals surface area contributed by atoms with Gasteiger partial charge in [-0.2, -0.15) is 0 Å². The van der Waals surface area contributed by atoms with Gasteiger partial charge in [0.2, 0.25) is 0 Å². The van der Waals surface area contributed by atoms with Gasteiger partial charge in [0.15, 0.2) is 0 Å². The van der Waals surface area contributed by atoms with Crippen LogP contribution in [-0.2, 0) is 12.8 Å². The van der Waals surface area contributed by atoms with Gasteiger partial charge in [-0.05, 0) is 48.3 Å². The lowest BCUT2D eigenvalue weighted by Crippen LogP contribution is -1.94. The average molecular weight is 244 g/mol. The maximum absolute atomic E-state index is 2.38. The summed E-state index contributed by atoms with van der Waals surface area (Å²) in [6.45, 7) is 4.66. The first-order valence-electron chi connectivity index (χ1n) is 7.93. The molecule has 1 aliphatic carbocycles. The van der Waals surface area contributed by atoms with E-state index in [0.717, 1.165) is 5.92 Å². The predicted octanol–water partition coefficient (Wildman–Crippen LogP) is 5.64. The molecule has 0 saturated carbocycles. The highest BCUT2D eigenvalue weighted by molar-refractivity contribution is 5.40. The lowest BCUT2D eigenvalue weighted by molar-refractivity contribution is 0.606. The maximum atomic E-state index is 2.38. The van der Waals surface area contributed by atoms with Gasteiger partial charge < -0.3 is 0 Å². The zero-order valence-electron chi connectivity index (χ0n) is 12.2. The van der Waals surface area contributed by atoms with Crippen LogP contribution in [0, 0.1) is 0 Å². The van der Waals surface area contributed by atoms with Crippen LogP contribution in [0.1, 0.15) is 81.4 Å². The molecule has 0 radical (unpaired) electrons. The summed E-state index contributed by atoms with van der Waals surface area (Å²) >= 11 is 0. The molecule has 0 nitrogen and oxygen atoms in total. The van der Waals surface area contributed by atoms with Crippen molar-refractivity contribution in [3.63, 3.8) is 0 Å². The van der Waals surface area contributed by atoms with E-state index in [1.807, 2.05) is 0 Å². The number of unbranched alkanes of at least 4 members (excludes halogenated alkanes) is 5. The van der Waals surface area contributed by atoms with Crippen molar-refractivity contribution in [2.45, 2.75) is 77.6 Å². The van der Waals surface area contributed by atoms with Crippen molar-refractivity contribution in [3.05, 3.63) is 34.9 Å². The molecular weight excluding hydrogens is 216 g/mol. The van der Waals surface area contributed by atoms with Crippen LogP contribution in [-0.4, -0.2) is 0 Å². The fraction of sp³-hybridized carbons (Fsp3) is 0.667. The summed E-state index contributed by atoms with van der Waals surface area (Å²) in [5.41, 5.74) is 4.98. The minimum atomic E-state index is 0.796. The first-order valence-corrected chi connectivity index (χ1v) is 7.93. The van der Waals surface area contributed by atoms with Gasteiger partial charge in [0.05, 0.1) is 0 Å². The Morgan fingerprint density at radius 3 is 2.67 bits per heavy atom. The van der Waals surface area contributed by atoms with Crippen LogP contribution in [0.4, 0.5) is 0 Å². The van der Waals surface area contributed by atoms with Gasteiger partial charge in [0.25, 0.3) is 0 Å². The molecule has 1 aromatic rings. The van der Waals surface area contributed by atoms with Crippen molar-refractivity contribution in [1.82, 2.24) is 0 Å². The molecule has 100 valence electrons. The van der Waals surface area contributed by atoms with E-state index in [4.69, 9.17) is 0 Å². The van der Waals surface area contributed by atoms with Gasteiger partial charge in [-0.15, -0.1) is 0 Å². The lowest BCUT2D eigenvalue weighted by Gasteiger charge is -2.09. The highest BCUT2D eigenvalue weighted by Crippen LogP contribution is 2.35. The van der Waals surface area contributed by atoms with Gasteiger partial charge in [-0.25, -0.2) is 0 Å². The molecule has 1 aliphatic rings. The molecule has 0 spiro atoms. The summed E-state index contributed by atoms with van der Waals surface area (Å²) in [5, 5.41) is 0. The van der Waals surface area contributed by atoms with E-state index >= 15 is 0 Å². The SMILES string of the molecule is CCCCCCCCc1cccc2c1CCC2C. The van der Waals surface area contributed by atoms with Crippen LogP contribution >= 0.6 is 0 Å². The number of benzene rings is 1. The molecule has 0 saturated heterocycles. The molecule has 0 amide bonds. The number of hydrogen-bond acceptors (Lipinski definition) is 0. The highest BCUT2D eigenvalue weighted by atomic mass is 14.2. The zero-order valence-corrected chi connectivity index (χ0v) is 12.2. The van der Waals surface area contributed by atoms with Crippen LogP contribution < -0.4 is 0 Å². The van der Waals surface area contributed by atoms with E-state index < -0.39 is 0 Å². The van der Waals surface area contributed by atoms with E-state index in [1.54, 1.807) is 16.7 Å². The van der Waals surface area contributed by atoms with Crippen LogP contribution in [0.5, 0.6) is 0 Å². The number of hydrogen-bond donors (Lipinski definition) is 0. The summed E-state index contributed by atoms with van der Waals surface area (Å²) in [5.74, 6) is 0.796. The van der Waals surface area contributed by atoms with Crippen LogP contribution in [0.15, 0.2) is 18.2 Å². The topological polar surface area (TPSA) is 0 Å². The van der Waals surface area contributed by atoms with Crippen LogP contribution in [0.25, 0.3) is 0 Å². The minimum absolute atomic E-state index is 0.796. The third-order valence-electron chi connectivity index (χ3n) is 4.47. The third-order valence-corrected chi connectivity index (χ3v) is 4.47. The first kappa shape index (κ1) is 13.6. The van der Waals surface area contributed by atoms with Crippen molar-refractivity contribution < 1.29 is 0 Å². The Morgan fingerprint density at radius 2 is 1.83 bits per heavy atom. The van der Waals surface area contributed by atoms with Gasteiger partial charge in [0.1, 0.15) is 0 Å². The Hall–Kier alpha value is -0.780. The molecule has 0 fully saturated rings. The summed E-state index contributed by atoms with van der Waals surface area (Å²) in [6, 6.07) is 6.98. The first-order chi connectivity index (χ1) is 8.83. The number of rotatable bonds is 7. The molecule has 1 unspecified atom stereocenters. The second-order valence-corrected chi connectivity index (χ2v) is 5.94. The van der Waals surface area contributed by atoms with E-state index in [0.29, 0.717) is 0 Å². The molecule has 0 heterocycles. The second kappa shape index (κ2) is 6.97. The average Bonchev–Trinajstić information content (AvgIpc) is 2.77. The summed E-state index contributed by atoms with van der Waals surface area (Å²) in [6.07, 6.45) is 12.4. The van der Waals surface area contributed by atoms with Gasteiger partial charge in [-0.1, -0.05) is 64.2 Å². The van der Waals surface area contributed by atoms with Crippen molar-refractivity contribution in [1.29, 1.82) is 0 Å². The Balaban J connectivity index is 1.80. The number of aryl methyl sites for hydroxylation is 1. The zero-order chi connectivity index (χ0) is 12.8. The second-order valence-electron chi connectivity index (χ2n) is 5.94. The fourth-order valence-electron chi connectivity index (χ4n) is 3.27. The fourth-order valence-corrected chi connectivity index (χ4v) is 3.27. The molecular formula is C18H28. The smallest absolute Gasteiger partial charge is 0.0184 e. The molecule has 2 rings (SSSR count). The van der Waals surface area contributed by atoms with E-state index in [-0.39, 0.29) is 0 Å². The van der Waals surface area contributed by atoms with Crippen molar-refractivity contribution in [2.75, 3.05) is 0 Å². The molecule has 0 aliphatic heterocycles. The van der Waals surface area contributed by atoms with Crippen molar-refractivity contribution in [2.24, 2.45) is 0 Å². The molecule has 0 heteroatoms. The lowest BCUT2D eigenvalue weighted by atomic mass is 9.96. The third kappa shape index (κ3) is 3.37. The van der Waals surface area contributed by atoms with Gasteiger partial charge in [0, 0.05) is 0 Å². The Morgan fingerprint density at radius 1 is 1.06 bits per heavy atom. The van der Waals surface area contributed by atoms with Gasteiger partial charge in [-0.3, -0.25) is 0 Å². The Kier molecular flexibility index (Phi) is 5.28. The maximum Gasteiger partial charge on any atom is -0.0184 e. The monoisotopic (exact) mass is 244 g/mol. The predicted molar refractivity (Wildman–Crippen MR) is 80.3 cm³/mol. The minimum Gasteiger partial charge on any atom is -0.0654 e. The molecule has 0 bridgehead atoms. The quantitative estimate of drug-likeness (QED) is 0.544. The molecule has 0 aromatic heterocycles. The standard InChI is InChI=1S/C18H28/c1-3-4-5-6-7-8-10-16-11-9-12-17-15(2)13-14-18(16)17/h9,11-12,15H,3-8,10,13-14H2,1-2H3. The van der Waals surface area contributed by atoms with Crippen molar-refractivity contribution >= 4 is 0 Å². The van der Waals surface area contributed by atoms with Crippen LogP contribution in [0.3, 0.4) is 0 Å². The number of fused-ring (bicyclic) bond motifs is 1. The van der Waals surface area contributed by atoms with Gasteiger partial charge >= 0.3 is 0 Å². The Labute approximate surface area is 113 Å². The summed E-state index contributed by atoms with van der Waals surface area (Å²) in [7, 11) is 0. The van der Waals surface area contributed by atoms with E-state index in [9.17, 15) is 0 Å². The summed E-state index contributed by atoms with van der Waals surface area (Å²) < 4.78 is 0. The largest absolute Gasteiger partial charge is 0.0654 e. The highest BCUT2D eigenvalue weighted by Gasteiger charge is 2.20. The molecule has 1 aromatic carbocycles.